The van der Waals surface area contributed by atoms with E-state index in [4.69, 9.17) is 5.73 Å². The lowest BCUT2D eigenvalue weighted by Gasteiger charge is -2.52. The molecule has 5 unspecified atom stereocenters. The first-order chi connectivity index (χ1) is 19.0. The number of Topliss-reactive ketones (excluding diaryl/α,β-unsaturated/α-hetero) is 4. The van der Waals surface area contributed by atoms with Crippen LogP contribution in [0, 0.1) is 33.8 Å². The Kier molecular flexibility index (Phi) is 7.59. The van der Waals surface area contributed by atoms with Gasteiger partial charge in [-0.25, -0.2) is 0 Å². The minimum Gasteiger partial charge on any atom is -0.502 e. The summed E-state index contributed by atoms with van der Waals surface area (Å²) >= 11 is 0. The Morgan fingerprint density at radius 3 is 2.29 bits per heavy atom. The van der Waals surface area contributed by atoms with Gasteiger partial charge in [-0.05, 0) is 65.6 Å². The van der Waals surface area contributed by atoms with E-state index >= 15 is 0 Å². The Balaban J connectivity index is 1.96. The van der Waals surface area contributed by atoms with Gasteiger partial charge in [-0.2, -0.15) is 0 Å². The smallest absolute Gasteiger partial charge is 0.313 e. The van der Waals surface area contributed by atoms with E-state index in [1.54, 1.807) is 0 Å². The number of nitrogens with zero attached hydrogens (tertiary/aromatic N) is 3. The second-order valence-electron chi connectivity index (χ2n) is 11.9. The summed E-state index contributed by atoms with van der Waals surface area (Å²) in [5.41, 5.74) is 2.08. The summed E-state index contributed by atoms with van der Waals surface area (Å²) in [6.45, 7) is 7.66. The number of amides is 1. The molecule has 1 aromatic carbocycles. The normalized spacial score (nSPS) is 30.1. The van der Waals surface area contributed by atoms with Gasteiger partial charge < -0.3 is 20.8 Å². The van der Waals surface area contributed by atoms with Gasteiger partial charge in [0.05, 0.1) is 22.4 Å². The fourth-order valence-corrected chi connectivity index (χ4v) is 7.23. The van der Waals surface area contributed by atoms with Crippen LogP contribution in [0.15, 0.2) is 6.07 Å². The Morgan fingerprint density at radius 2 is 1.80 bits per heavy atom. The predicted octanol–water partition coefficient (Wildman–Crippen LogP) is 0.789. The number of aliphatic hydroxyl groups is 1. The zero-order valence-electron chi connectivity index (χ0n) is 23.9. The number of rotatable bonds is 7. The maximum Gasteiger partial charge on any atom is 0.313 e. The quantitative estimate of drug-likeness (QED) is 0.237. The van der Waals surface area contributed by atoms with Crippen LogP contribution < -0.4 is 10.6 Å². The Hall–Kier alpha value is -3.71. The number of anilines is 1. The number of likely N-dealkylation sites (N-methyl/N-ethyl adjacent to an activating group) is 1. The fraction of sp³-hybridized carbons (Fsp3) is 0.607. The highest BCUT2D eigenvalue weighted by Gasteiger charge is 2.69. The molecule has 3 aliphatic carbocycles. The number of phenols is 1. The van der Waals surface area contributed by atoms with E-state index in [-0.39, 0.29) is 24.9 Å². The average molecular weight is 573 g/mol. The Labute approximate surface area is 236 Å². The van der Waals surface area contributed by atoms with Gasteiger partial charge in [0.1, 0.15) is 0 Å². The number of nitrogens with two attached hydrogens (primary N) is 1. The highest BCUT2D eigenvalue weighted by atomic mass is 16.6. The Bertz CT molecular complexity index is 1370. The average Bonchev–Trinajstić information content (AvgIpc) is 2.86. The van der Waals surface area contributed by atoms with Gasteiger partial charge in [-0.15, -0.1) is 0 Å². The van der Waals surface area contributed by atoms with E-state index in [1.165, 1.54) is 25.1 Å². The first kappa shape index (κ1) is 30.3. The summed E-state index contributed by atoms with van der Waals surface area (Å²) in [7, 11) is 3.02. The van der Waals surface area contributed by atoms with Crippen LogP contribution in [0.1, 0.15) is 56.5 Å². The number of phenolic OH excluding ortho intramolecular Hbond substituents is 1. The number of benzene rings is 1. The molecule has 2 saturated carbocycles. The van der Waals surface area contributed by atoms with Gasteiger partial charge in [-0.3, -0.25) is 39.0 Å². The summed E-state index contributed by atoms with van der Waals surface area (Å²) in [6, 6.07) is -0.232. The summed E-state index contributed by atoms with van der Waals surface area (Å²) < 4.78 is 0. The molecule has 0 bridgehead atoms. The van der Waals surface area contributed by atoms with Crippen molar-refractivity contribution in [1.82, 2.24) is 4.90 Å². The second-order valence-corrected chi connectivity index (χ2v) is 11.9. The molecule has 0 radical (unpaired) electrons. The van der Waals surface area contributed by atoms with Crippen molar-refractivity contribution < 1.29 is 39.1 Å². The van der Waals surface area contributed by atoms with Crippen LogP contribution in [0.2, 0.25) is 0 Å². The molecule has 2 fully saturated rings. The van der Waals surface area contributed by atoms with Gasteiger partial charge in [0.25, 0.3) is 0 Å². The lowest BCUT2D eigenvalue weighted by Crippen LogP contribution is -2.74. The van der Waals surface area contributed by atoms with E-state index < -0.39 is 86.3 Å². The molecule has 3 aliphatic rings. The first-order valence-corrected chi connectivity index (χ1v) is 13.7. The maximum atomic E-state index is 14.0. The second kappa shape index (κ2) is 10.3. The minimum absolute atomic E-state index is 0.0202. The molecule has 0 aromatic heterocycles. The zero-order valence-corrected chi connectivity index (χ0v) is 23.9. The zero-order chi connectivity index (χ0) is 30.9. The van der Waals surface area contributed by atoms with Crippen molar-refractivity contribution in [2.24, 2.45) is 29.4 Å². The standard InChI is InChI=1S/C28H36N4O9/c1-7-12(4)31(11(2)3)16-10-17(32(40)41)22(33)19-14(16)8-13-9-15-21(30(5)6)24(35)20(27(29)38)26(37)28(15,39)25(36)18(13)23(19)34/h10-13,15,18,20-21,33,39H,7-9H2,1-6H3,(H2,29,38)/t12?,13?,15?,18?,20?,21-,28-/m0/s1. The number of ketones is 4. The fourth-order valence-electron chi connectivity index (χ4n) is 7.23. The third kappa shape index (κ3) is 4.24. The van der Waals surface area contributed by atoms with Crippen LogP contribution in [-0.4, -0.2) is 86.9 Å². The van der Waals surface area contributed by atoms with E-state index in [9.17, 15) is 44.3 Å². The molecular formula is C28H36N4O9. The largest absolute Gasteiger partial charge is 0.502 e. The van der Waals surface area contributed by atoms with E-state index in [1.807, 2.05) is 32.6 Å². The van der Waals surface area contributed by atoms with Gasteiger partial charge in [0, 0.05) is 29.8 Å². The number of nitro groups is 1. The topological polar surface area (TPSA) is 201 Å². The molecule has 1 amide bonds. The number of fused-ring (bicyclic) bond motifs is 3. The van der Waals surface area contributed by atoms with E-state index in [0.717, 1.165) is 0 Å². The van der Waals surface area contributed by atoms with Crippen molar-refractivity contribution >= 4 is 40.4 Å². The molecule has 4 rings (SSSR count). The van der Waals surface area contributed by atoms with Crippen LogP contribution in [0.4, 0.5) is 11.4 Å². The third-order valence-electron chi connectivity index (χ3n) is 9.11. The number of carbonyl (C=O) groups is 5. The summed E-state index contributed by atoms with van der Waals surface area (Å²) in [5, 5.41) is 34.6. The van der Waals surface area contributed by atoms with Crippen molar-refractivity contribution in [3.8, 4) is 5.75 Å². The Morgan fingerprint density at radius 1 is 1.20 bits per heavy atom. The van der Waals surface area contributed by atoms with Gasteiger partial charge in [0.15, 0.2) is 34.7 Å². The van der Waals surface area contributed by atoms with Crippen molar-refractivity contribution in [2.45, 2.75) is 70.7 Å². The first-order valence-electron chi connectivity index (χ1n) is 13.7. The molecule has 0 saturated heterocycles. The molecule has 41 heavy (non-hydrogen) atoms. The third-order valence-corrected chi connectivity index (χ3v) is 9.11. The number of hydrogen-bond acceptors (Lipinski definition) is 11. The lowest BCUT2D eigenvalue weighted by molar-refractivity contribution is -0.385. The van der Waals surface area contributed by atoms with Gasteiger partial charge in [0.2, 0.25) is 11.7 Å². The van der Waals surface area contributed by atoms with E-state index in [0.29, 0.717) is 17.7 Å². The number of nitro benzene ring substituents is 1. The van der Waals surface area contributed by atoms with Crippen LogP contribution in [0.25, 0.3) is 0 Å². The van der Waals surface area contributed by atoms with Crippen molar-refractivity contribution in [1.29, 1.82) is 0 Å². The molecule has 7 atom stereocenters. The number of aromatic hydroxyl groups is 1. The number of hydrogen-bond donors (Lipinski definition) is 3. The molecule has 4 N–H and O–H groups in total. The van der Waals surface area contributed by atoms with Crippen LogP contribution in [0.3, 0.4) is 0 Å². The van der Waals surface area contributed by atoms with Crippen molar-refractivity contribution in [2.75, 3.05) is 19.0 Å². The van der Waals surface area contributed by atoms with Crippen LogP contribution in [0.5, 0.6) is 5.75 Å². The highest BCUT2D eigenvalue weighted by molar-refractivity contribution is 6.32. The monoisotopic (exact) mass is 572 g/mol. The van der Waals surface area contributed by atoms with Gasteiger partial charge >= 0.3 is 5.69 Å². The molecule has 1 aromatic rings. The SMILES string of the molecule is CCC(C)N(c1cc([N+](=O)[O-])c(O)c2c1CC1CC3[C@H](N(C)C)C(=O)C(C(N)=O)C(=O)[C@@]3(O)C(=O)C1C2=O)C(C)C. The molecule has 0 aliphatic heterocycles. The predicted molar refractivity (Wildman–Crippen MR) is 145 cm³/mol. The summed E-state index contributed by atoms with van der Waals surface area (Å²) in [6.07, 6.45) is 0.587. The molecule has 13 heteroatoms. The highest BCUT2D eigenvalue weighted by Crippen LogP contribution is 2.53. The summed E-state index contributed by atoms with van der Waals surface area (Å²) in [5.74, 6) is -12.3. The summed E-state index contributed by atoms with van der Waals surface area (Å²) in [4.78, 5) is 81.3. The van der Waals surface area contributed by atoms with Crippen LogP contribution in [-0.2, 0) is 25.6 Å². The number of carbonyl (C=O) groups excluding carboxylic acids is 5. The lowest BCUT2D eigenvalue weighted by atomic mass is 9.52. The molecular weight excluding hydrogens is 536 g/mol. The number of primary amides is 1. The molecule has 222 valence electrons. The van der Waals surface area contributed by atoms with Crippen LogP contribution >= 0.6 is 0 Å². The van der Waals surface area contributed by atoms with Gasteiger partial charge in [-0.1, -0.05) is 6.92 Å². The maximum absolute atomic E-state index is 14.0. The molecule has 13 nitrogen and oxygen atoms in total. The van der Waals surface area contributed by atoms with Crippen molar-refractivity contribution in [3.05, 3.63) is 27.3 Å². The minimum atomic E-state index is -2.86. The van der Waals surface area contributed by atoms with Crippen molar-refractivity contribution in [3.63, 3.8) is 0 Å². The molecule has 0 spiro atoms. The molecule has 0 heterocycles. The van der Waals surface area contributed by atoms with E-state index in [2.05, 4.69) is 0 Å².